The van der Waals surface area contributed by atoms with E-state index in [9.17, 15) is 9.18 Å². The number of halogens is 1. The molecule has 0 aliphatic rings. The quantitative estimate of drug-likeness (QED) is 0.723. The Labute approximate surface area is 133 Å². The Morgan fingerprint density at radius 1 is 1.17 bits per heavy atom. The third-order valence-electron chi connectivity index (χ3n) is 3.53. The van der Waals surface area contributed by atoms with E-state index in [4.69, 9.17) is 4.42 Å². The van der Waals surface area contributed by atoms with Gasteiger partial charge < -0.3 is 9.73 Å². The van der Waals surface area contributed by atoms with Gasteiger partial charge in [-0.2, -0.15) is 0 Å². The Balaban J connectivity index is 1.65. The molecule has 2 aromatic carbocycles. The molecule has 0 fully saturated rings. The van der Waals surface area contributed by atoms with Gasteiger partial charge in [0.05, 0.1) is 6.04 Å². The van der Waals surface area contributed by atoms with E-state index in [1.54, 1.807) is 18.2 Å². The molecule has 0 radical (unpaired) electrons. The summed E-state index contributed by atoms with van der Waals surface area (Å²) in [5.41, 5.74) is 1.56. The highest BCUT2D eigenvalue weighted by atomic mass is 19.1. The molecule has 23 heavy (non-hydrogen) atoms. The summed E-state index contributed by atoms with van der Waals surface area (Å²) < 4.78 is 18.5. The Bertz CT molecular complexity index is 816. The van der Waals surface area contributed by atoms with Crippen LogP contribution in [-0.4, -0.2) is 5.91 Å². The van der Waals surface area contributed by atoms with E-state index < -0.39 is 0 Å². The van der Waals surface area contributed by atoms with Gasteiger partial charge in [0.1, 0.15) is 17.2 Å². The zero-order valence-corrected chi connectivity index (χ0v) is 12.6. The number of furan rings is 1. The summed E-state index contributed by atoms with van der Waals surface area (Å²) in [6, 6.07) is 15.3. The summed E-state index contributed by atoms with van der Waals surface area (Å²) in [4.78, 5) is 12.0. The second-order valence-electron chi connectivity index (χ2n) is 5.30. The minimum absolute atomic E-state index is 0.234. The average Bonchev–Trinajstić information content (AvgIpc) is 2.98. The standard InChI is InChI=1S/C19H16FNO2/c1-13(18-12-15-4-2-3-5-17(15)23-18)21-19(22)11-8-14-6-9-16(20)10-7-14/h2-13H,1H3,(H,21,22)/b11-8+/t13-/m0/s1. The molecule has 1 heterocycles. The Hall–Kier alpha value is -2.88. The lowest BCUT2D eigenvalue weighted by atomic mass is 10.2. The molecule has 0 bridgehead atoms. The van der Waals surface area contributed by atoms with Crippen molar-refractivity contribution in [1.29, 1.82) is 0 Å². The molecule has 0 saturated heterocycles. The van der Waals surface area contributed by atoms with E-state index in [-0.39, 0.29) is 17.8 Å². The van der Waals surface area contributed by atoms with Crippen molar-refractivity contribution in [2.45, 2.75) is 13.0 Å². The molecule has 3 aromatic rings. The highest BCUT2D eigenvalue weighted by Crippen LogP contribution is 2.23. The lowest BCUT2D eigenvalue weighted by Gasteiger charge is -2.09. The number of carbonyl (C=O) groups is 1. The number of para-hydroxylation sites is 1. The number of rotatable bonds is 4. The molecular formula is C19H16FNO2. The summed E-state index contributed by atoms with van der Waals surface area (Å²) in [6.07, 6.45) is 3.06. The summed E-state index contributed by atoms with van der Waals surface area (Å²) in [7, 11) is 0. The highest BCUT2D eigenvalue weighted by molar-refractivity contribution is 5.92. The fourth-order valence-electron chi connectivity index (χ4n) is 2.29. The molecule has 1 atom stereocenters. The van der Waals surface area contributed by atoms with Gasteiger partial charge in [-0.05, 0) is 42.8 Å². The fourth-order valence-corrected chi connectivity index (χ4v) is 2.29. The monoisotopic (exact) mass is 309 g/mol. The van der Waals surface area contributed by atoms with E-state index in [2.05, 4.69) is 5.32 Å². The number of nitrogens with one attached hydrogen (secondary N) is 1. The van der Waals surface area contributed by atoms with Gasteiger partial charge in [0, 0.05) is 11.5 Å². The average molecular weight is 309 g/mol. The largest absolute Gasteiger partial charge is 0.459 e. The number of hydrogen-bond acceptors (Lipinski definition) is 2. The normalized spacial score (nSPS) is 12.6. The topological polar surface area (TPSA) is 42.2 Å². The first-order valence-corrected chi connectivity index (χ1v) is 7.34. The number of fused-ring (bicyclic) bond motifs is 1. The maximum atomic E-state index is 12.8. The molecule has 0 saturated carbocycles. The van der Waals surface area contributed by atoms with Gasteiger partial charge in [-0.1, -0.05) is 30.3 Å². The molecule has 116 valence electrons. The summed E-state index contributed by atoms with van der Waals surface area (Å²) in [5, 5.41) is 3.85. The number of amides is 1. The van der Waals surface area contributed by atoms with Crippen molar-refractivity contribution >= 4 is 23.0 Å². The third kappa shape index (κ3) is 3.66. The predicted octanol–water partition coefficient (Wildman–Crippen LogP) is 4.46. The Morgan fingerprint density at radius 3 is 2.65 bits per heavy atom. The zero-order chi connectivity index (χ0) is 16.2. The van der Waals surface area contributed by atoms with Crippen LogP contribution in [0, 0.1) is 5.82 Å². The van der Waals surface area contributed by atoms with Gasteiger partial charge in [-0.15, -0.1) is 0 Å². The molecule has 1 aromatic heterocycles. The van der Waals surface area contributed by atoms with Crippen LogP contribution in [0.5, 0.6) is 0 Å². The van der Waals surface area contributed by atoms with Crippen molar-refractivity contribution < 1.29 is 13.6 Å². The van der Waals surface area contributed by atoms with Crippen LogP contribution in [0.3, 0.4) is 0 Å². The lowest BCUT2D eigenvalue weighted by molar-refractivity contribution is -0.117. The first kappa shape index (κ1) is 15.0. The molecule has 3 rings (SSSR count). The second-order valence-corrected chi connectivity index (χ2v) is 5.30. The molecule has 1 amide bonds. The van der Waals surface area contributed by atoms with Gasteiger partial charge >= 0.3 is 0 Å². The SMILES string of the molecule is C[C@H](NC(=O)/C=C/c1ccc(F)cc1)c1cc2ccccc2o1. The van der Waals surface area contributed by atoms with Crippen molar-refractivity contribution in [1.82, 2.24) is 5.32 Å². The summed E-state index contributed by atoms with van der Waals surface area (Å²) in [5.74, 6) is 0.169. The molecule has 0 aliphatic heterocycles. The van der Waals surface area contributed by atoms with Gasteiger partial charge in [-0.3, -0.25) is 4.79 Å². The zero-order valence-electron chi connectivity index (χ0n) is 12.6. The molecule has 4 heteroatoms. The first-order valence-electron chi connectivity index (χ1n) is 7.34. The molecule has 0 aliphatic carbocycles. The number of hydrogen-bond donors (Lipinski definition) is 1. The van der Waals surface area contributed by atoms with Crippen molar-refractivity contribution in [2.24, 2.45) is 0 Å². The molecule has 0 unspecified atom stereocenters. The van der Waals surface area contributed by atoms with Gasteiger partial charge in [0.25, 0.3) is 0 Å². The van der Waals surface area contributed by atoms with E-state index in [1.807, 2.05) is 37.3 Å². The van der Waals surface area contributed by atoms with Crippen LogP contribution in [0.2, 0.25) is 0 Å². The van der Waals surface area contributed by atoms with Crippen LogP contribution in [0.1, 0.15) is 24.3 Å². The van der Waals surface area contributed by atoms with Crippen LogP contribution in [0.25, 0.3) is 17.0 Å². The minimum atomic E-state index is -0.301. The lowest BCUT2D eigenvalue weighted by Crippen LogP contribution is -2.24. The Kier molecular flexibility index (Phi) is 4.24. The third-order valence-corrected chi connectivity index (χ3v) is 3.53. The van der Waals surface area contributed by atoms with Crippen molar-refractivity contribution in [3.05, 3.63) is 77.8 Å². The van der Waals surface area contributed by atoms with Crippen LogP contribution in [-0.2, 0) is 4.79 Å². The Morgan fingerprint density at radius 2 is 1.91 bits per heavy atom. The van der Waals surface area contributed by atoms with Gasteiger partial charge in [0.2, 0.25) is 5.91 Å². The van der Waals surface area contributed by atoms with Gasteiger partial charge in [0.15, 0.2) is 0 Å². The van der Waals surface area contributed by atoms with E-state index in [0.29, 0.717) is 5.76 Å². The predicted molar refractivity (Wildman–Crippen MR) is 88.2 cm³/mol. The molecule has 3 nitrogen and oxygen atoms in total. The molecule has 0 spiro atoms. The molecule has 1 N–H and O–H groups in total. The van der Waals surface area contributed by atoms with E-state index >= 15 is 0 Å². The number of benzene rings is 2. The summed E-state index contributed by atoms with van der Waals surface area (Å²) in [6.45, 7) is 1.86. The van der Waals surface area contributed by atoms with Crippen LogP contribution in [0.4, 0.5) is 4.39 Å². The van der Waals surface area contributed by atoms with Crippen LogP contribution < -0.4 is 5.32 Å². The van der Waals surface area contributed by atoms with Crippen LogP contribution in [0.15, 0.2) is 65.1 Å². The highest BCUT2D eigenvalue weighted by Gasteiger charge is 2.12. The van der Waals surface area contributed by atoms with Gasteiger partial charge in [-0.25, -0.2) is 4.39 Å². The van der Waals surface area contributed by atoms with Crippen molar-refractivity contribution in [3.63, 3.8) is 0 Å². The molecular weight excluding hydrogens is 293 g/mol. The van der Waals surface area contributed by atoms with E-state index in [1.165, 1.54) is 18.2 Å². The first-order chi connectivity index (χ1) is 11.1. The van der Waals surface area contributed by atoms with E-state index in [0.717, 1.165) is 16.5 Å². The van der Waals surface area contributed by atoms with Crippen molar-refractivity contribution in [2.75, 3.05) is 0 Å². The summed E-state index contributed by atoms with van der Waals surface area (Å²) >= 11 is 0. The second kappa shape index (κ2) is 6.48. The smallest absolute Gasteiger partial charge is 0.244 e. The van der Waals surface area contributed by atoms with Crippen molar-refractivity contribution in [3.8, 4) is 0 Å². The minimum Gasteiger partial charge on any atom is -0.459 e. The number of carbonyl (C=O) groups excluding carboxylic acids is 1. The van der Waals surface area contributed by atoms with Crippen LogP contribution >= 0.6 is 0 Å². The maximum Gasteiger partial charge on any atom is 0.244 e. The fraction of sp³-hybridized carbons (Fsp3) is 0.105. The maximum absolute atomic E-state index is 12.8.